The Hall–Kier alpha value is -1.82. The van der Waals surface area contributed by atoms with E-state index < -0.39 is 17.5 Å². The van der Waals surface area contributed by atoms with Crippen LogP contribution in [0.4, 0.5) is 9.18 Å². The molecule has 0 saturated carbocycles. The van der Waals surface area contributed by atoms with Crippen LogP contribution in [0.1, 0.15) is 52.6 Å². The van der Waals surface area contributed by atoms with Gasteiger partial charge in [-0.05, 0) is 53.7 Å². The van der Waals surface area contributed by atoms with Crippen LogP contribution in [-0.4, -0.2) is 29.4 Å². The van der Waals surface area contributed by atoms with Gasteiger partial charge < -0.3 is 20.5 Å². The Labute approximate surface area is 137 Å². The summed E-state index contributed by atoms with van der Waals surface area (Å²) < 4.78 is 18.9. The summed E-state index contributed by atoms with van der Waals surface area (Å²) in [5.41, 5.74) is -0.0250. The highest BCUT2D eigenvalue weighted by molar-refractivity contribution is 5.67. The fourth-order valence-electron chi connectivity index (χ4n) is 2.07. The second-order valence-corrected chi connectivity index (χ2v) is 6.72. The molecule has 2 unspecified atom stereocenters. The first kappa shape index (κ1) is 19.2. The third-order valence-electron chi connectivity index (χ3n) is 3.24. The fraction of sp³-hybridized carbons (Fsp3) is 0.588. The number of halogens is 1. The molecular formula is C17H27FN2O3. The van der Waals surface area contributed by atoms with Gasteiger partial charge in [-0.15, -0.1) is 0 Å². The van der Waals surface area contributed by atoms with Crippen molar-refractivity contribution < 1.29 is 19.0 Å². The van der Waals surface area contributed by atoms with Gasteiger partial charge in [0.05, 0.1) is 0 Å². The van der Waals surface area contributed by atoms with Gasteiger partial charge in [0.1, 0.15) is 17.2 Å². The molecule has 1 aromatic carbocycles. The molecule has 1 rings (SSSR count). The molecule has 0 radical (unpaired) electrons. The van der Waals surface area contributed by atoms with Gasteiger partial charge in [0.25, 0.3) is 0 Å². The number of aromatic hydroxyl groups is 1. The Balaban J connectivity index is 2.37. The van der Waals surface area contributed by atoms with Gasteiger partial charge in [0, 0.05) is 23.7 Å². The van der Waals surface area contributed by atoms with Crippen LogP contribution in [0, 0.1) is 5.82 Å². The molecule has 2 atom stereocenters. The molecule has 0 aliphatic rings. The molecule has 0 fully saturated rings. The molecule has 0 saturated heterocycles. The van der Waals surface area contributed by atoms with Crippen molar-refractivity contribution in [3.8, 4) is 5.75 Å². The summed E-state index contributed by atoms with van der Waals surface area (Å²) in [7, 11) is 0. The lowest BCUT2D eigenvalue weighted by Gasteiger charge is -2.22. The predicted octanol–water partition coefficient (Wildman–Crippen LogP) is 3.49. The molecule has 0 aliphatic carbocycles. The molecule has 0 spiro atoms. The minimum atomic E-state index is -0.521. The number of carbonyl (C=O) groups excluding carboxylic acids is 1. The van der Waals surface area contributed by atoms with Crippen LogP contribution >= 0.6 is 0 Å². The third kappa shape index (κ3) is 7.32. The third-order valence-corrected chi connectivity index (χ3v) is 3.24. The van der Waals surface area contributed by atoms with Crippen molar-refractivity contribution in [1.82, 2.24) is 10.6 Å². The van der Waals surface area contributed by atoms with Crippen LogP contribution in [0.2, 0.25) is 0 Å². The van der Waals surface area contributed by atoms with Gasteiger partial charge in [0.15, 0.2) is 0 Å². The molecule has 5 nitrogen and oxygen atoms in total. The number of phenols is 1. The molecule has 130 valence electrons. The minimum absolute atomic E-state index is 0.0609. The Morgan fingerprint density at radius 1 is 1.35 bits per heavy atom. The smallest absolute Gasteiger partial charge is 0.407 e. The maximum Gasteiger partial charge on any atom is 0.407 e. The van der Waals surface area contributed by atoms with Crippen molar-refractivity contribution in [2.75, 3.05) is 6.54 Å². The maximum atomic E-state index is 13.7. The van der Waals surface area contributed by atoms with Crippen molar-refractivity contribution in [3.63, 3.8) is 0 Å². The van der Waals surface area contributed by atoms with Crippen LogP contribution in [0.15, 0.2) is 18.2 Å². The van der Waals surface area contributed by atoms with Crippen LogP contribution < -0.4 is 10.6 Å². The van der Waals surface area contributed by atoms with Gasteiger partial charge >= 0.3 is 6.09 Å². The quantitative estimate of drug-likeness (QED) is 0.748. The van der Waals surface area contributed by atoms with E-state index in [2.05, 4.69) is 10.6 Å². The van der Waals surface area contributed by atoms with Crippen LogP contribution in [0.5, 0.6) is 5.75 Å². The maximum absolute atomic E-state index is 13.7. The highest BCUT2D eigenvalue weighted by Gasteiger charge is 2.18. The lowest BCUT2D eigenvalue weighted by Crippen LogP contribution is -2.39. The van der Waals surface area contributed by atoms with Crippen molar-refractivity contribution >= 4 is 6.09 Å². The predicted molar refractivity (Wildman–Crippen MR) is 87.9 cm³/mol. The molecule has 1 amide bonds. The van der Waals surface area contributed by atoms with E-state index in [0.29, 0.717) is 18.5 Å². The molecule has 6 heteroatoms. The number of carbonyl (C=O) groups is 1. The van der Waals surface area contributed by atoms with Gasteiger partial charge in [-0.2, -0.15) is 0 Å². The summed E-state index contributed by atoms with van der Waals surface area (Å²) in [5, 5.41) is 15.2. The molecule has 0 heterocycles. The van der Waals surface area contributed by atoms with E-state index in [1.165, 1.54) is 6.07 Å². The van der Waals surface area contributed by atoms with Crippen molar-refractivity contribution in [2.45, 2.75) is 58.7 Å². The van der Waals surface area contributed by atoms with Crippen LogP contribution in [0.3, 0.4) is 0 Å². The van der Waals surface area contributed by atoms with Crippen LogP contribution in [0.25, 0.3) is 0 Å². The van der Waals surface area contributed by atoms with Gasteiger partial charge in [0.2, 0.25) is 0 Å². The summed E-state index contributed by atoms with van der Waals surface area (Å²) in [5.74, 6) is -0.529. The number of nitrogens with one attached hydrogen (secondary N) is 2. The SMILES string of the molecule is CC(CCNC(C)c1ccc(O)cc1F)NC(=O)OC(C)(C)C. The summed E-state index contributed by atoms with van der Waals surface area (Å²) in [6.45, 7) is 9.78. The number of phenolic OH excluding ortho intramolecular Hbond substituents is 1. The lowest BCUT2D eigenvalue weighted by molar-refractivity contribution is 0.0506. The summed E-state index contributed by atoms with van der Waals surface area (Å²) in [6, 6.07) is 3.87. The summed E-state index contributed by atoms with van der Waals surface area (Å²) in [4.78, 5) is 11.6. The lowest BCUT2D eigenvalue weighted by atomic mass is 10.1. The highest BCUT2D eigenvalue weighted by Crippen LogP contribution is 2.20. The number of amides is 1. The minimum Gasteiger partial charge on any atom is -0.508 e. The standard InChI is InChI=1S/C17H27FN2O3/c1-11(20-16(22)23-17(3,4)5)8-9-19-12(2)14-7-6-13(21)10-15(14)18/h6-7,10-12,19,21H,8-9H2,1-5H3,(H,20,22). The summed E-state index contributed by atoms with van der Waals surface area (Å²) >= 11 is 0. The Morgan fingerprint density at radius 2 is 2.00 bits per heavy atom. The monoisotopic (exact) mass is 326 g/mol. The molecule has 23 heavy (non-hydrogen) atoms. The van der Waals surface area contributed by atoms with E-state index in [1.807, 2.05) is 34.6 Å². The van der Waals surface area contributed by atoms with Gasteiger partial charge in [-0.25, -0.2) is 9.18 Å². The van der Waals surface area contributed by atoms with Crippen molar-refractivity contribution in [1.29, 1.82) is 0 Å². The highest BCUT2D eigenvalue weighted by atomic mass is 19.1. The first-order valence-corrected chi connectivity index (χ1v) is 7.80. The molecule has 3 N–H and O–H groups in total. The number of rotatable bonds is 6. The topological polar surface area (TPSA) is 70.6 Å². The first-order valence-electron chi connectivity index (χ1n) is 7.80. The van der Waals surface area contributed by atoms with E-state index >= 15 is 0 Å². The Bertz CT molecular complexity index is 529. The zero-order valence-electron chi connectivity index (χ0n) is 14.4. The normalized spacial score (nSPS) is 14.2. The van der Waals surface area contributed by atoms with Gasteiger partial charge in [-0.1, -0.05) is 6.07 Å². The summed E-state index contributed by atoms with van der Waals surface area (Å²) in [6.07, 6.45) is 0.242. The van der Waals surface area contributed by atoms with Crippen LogP contribution in [-0.2, 0) is 4.74 Å². The number of benzene rings is 1. The average Bonchev–Trinajstić information content (AvgIpc) is 2.35. The van der Waals surface area contributed by atoms with Gasteiger partial charge in [-0.3, -0.25) is 0 Å². The number of ether oxygens (including phenoxy) is 1. The molecule has 0 aromatic heterocycles. The van der Waals surface area contributed by atoms with E-state index in [0.717, 1.165) is 6.07 Å². The fourth-order valence-corrected chi connectivity index (χ4v) is 2.07. The molecule has 1 aromatic rings. The second-order valence-electron chi connectivity index (χ2n) is 6.72. The zero-order valence-corrected chi connectivity index (χ0v) is 14.4. The van der Waals surface area contributed by atoms with Crippen molar-refractivity contribution in [3.05, 3.63) is 29.6 Å². The molecular weight excluding hydrogens is 299 g/mol. The zero-order chi connectivity index (χ0) is 17.6. The first-order chi connectivity index (χ1) is 10.6. The van der Waals surface area contributed by atoms with E-state index in [9.17, 15) is 14.3 Å². The van der Waals surface area contributed by atoms with E-state index in [4.69, 9.17) is 4.74 Å². The Morgan fingerprint density at radius 3 is 2.57 bits per heavy atom. The largest absolute Gasteiger partial charge is 0.508 e. The number of alkyl carbamates (subject to hydrolysis) is 1. The average molecular weight is 326 g/mol. The van der Waals surface area contributed by atoms with E-state index in [1.54, 1.807) is 6.07 Å². The molecule has 0 bridgehead atoms. The number of hydrogen-bond donors (Lipinski definition) is 3. The Kier molecular flexibility index (Phi) is 6.81. The van der Waals surface area contributed by atoms with Crippen molar-refractivity contribution in [2.24, 2.45) is 0 Å². The second kappa shape index (κ2) is 8.15. The number of hydrogen-bond acceptors (Lipinski definition) is 4. The van der Waals surface area contributed by atoms with E-state index in [-0.39, 0.29) is 17.8 Å². The molecule has 0 aliphatic heterocycles.